The molecule has 2 N–H and O–H groups in total. The standard InChI is InChI=1S/C25H21ClN4O2/c26-15-10-8-14(9-11-15)18-19-21(16-6-2-3-7-17(16)22(19)31)27-23-20(18)24(32)29-25(28-23)30-12-4-1-5-13-30/h2-3,6-11,18H,1,4-5,12-13H2,(H2,27,28,29,32)/t18-/m1/s1. The number of aromatic nitrogens is 2. The van der Waals surface area contributed by atoms with Gasteiger partial charge in [0.15, 0.2) is 5.78 Å². The Labute approximate surface area is 189 Å². The Morgan fingerprint density at radius 1 is 0.938 bits per heavy atom. The molecule has 0 bridgehead atoms. The van der Waals surface area contributed by atoms with E-state index in [1.165, 1.54) is 6.42 Å². The van der Waals surface area contributed by atoms with Gasteiger partial charge in [0.25, 0.3) is 5.56 Å². The lowest BCUT2D eigenvalue weighted by molar-refractivity contribution is 0.103. The number of nitrogens with zero attached hydrogens (tertiary/aromatic N) is 2. The van der Waals surface area contributed by atoms with Crippen LogP contribution in [-0.2, 0) is 0 Å². The lowest BCUT2D eigenvalue weighted by Crippen LogP contribution is -2.35. The summed E-state index contributed by atoms with van der Waals surface area (Å²) in [6, 6.07) is 14.9. The van der Waals surface area contributed by atoms with Gasteiger partial charge in [-0.05, 0) is 37.0 Å². The number of Topliss-reactive ketones (excluding diaryl/α,β-unsaturated/α-hetero) is 1. The number of ketones is 1. The third-order valence-electron chi connectivity index (χ3n) is 6.58. The quantitative estimate of drug-likeness (QED) is 0.605. The van der Waals surface area contributed by atoms with Gasteiger partial charge in [-0.2, -0.15) is 4.98 Å². The summed E-state index contributed by atoms with van der Waals surface area (Å²) in [5, 5.41) is 3.95. The van der Waals surface area contributed by atoms with E-state index < -0.39 is 5.92 Å². The van der Waals surface area contributed by atoms with Gasteiger partial charge in [0.2, 0.25) is 5.95 Å². The molecule has 6 rings (SSSR count). The Balaban J connectivity index is 1.56. The van der Waals surface area contributed by atoms with Crippen LogP contribution in [0.1, 0.15) is 52.2 Å². The zero-order chi connectivity index (χ0) is 21.8. The maximum absolute atomic E-state index is 13.5. The second-order valence-electron chi connectivity index (χ2n) is 8.47. The third-order valence-corrected chi connectivity index (χ3v) is 6.83. The van der Waals surface area contributed by atoms with E-state index in [4.69, 9.17) is 16.6 Å². The Morgan fingerprint density at radius 3 is 2.41 bits per heavy atom. The van der Waals surface area contributed by atoms with Crippen LogP contribution in [0.3, 0.4) is 0 Å². The highest BCUT2D eigenvalue weighted by atomic mass is 35.5. The number of aromatic amines is 1. The highest BCUT2D eigenvalue weighted by Crippen LogP contribution is 2.47. The van der Waals surface area contributed by atoms with E-state index in [1.807, 2.05) is 36.4 Å². The summed E-state index contributed by atoms with van der Waals surface area (Å²) < 4.78 is 0. The summed E-state index contributed by atoms with van der Waals surface area (Å²) >= 11 is 6.12. The summed E-state index contributed by atoms with van der Waals surface area (Å²) in [4.78, 5) is 36.8. The number of rotatable bonds is 2. The molecular weight excluding hydrogens is 424 g/mol. The summed E-state index contributed by atoms with van der Waals surface area (Å²) in [6.45, 7) is 1.75. The maximum Gasteiger partial charge on any atom is 0.258 e. The summed E-state index contributed by atoms with van der Waals surface area (Å²) in [5.74, 6) is 0.508. The van der Waals surface area contributed by atoms with Gasteiger partial charge >= 0.3 is 0 Å². The van der Waals surface area contributed by atoms with Crippen LogP contribution < -0.4 is 15.8 Å². The SMILES string of the molecule is O=C1C2=C(Nc3nc(N4CCCCC4)[nH]c(=O)c3[C@@H]2c2ccc(Cl)cc2)c2ccccc21. The number of fused-ring (bicyclic) bond motifs is 3. The molecule has 1 aliphatic carbocycles. The molecule has 1 aromatic heterocycles. The van der Waals surface area contributed by atoms with E-state index in [-0.39, 0.29) is 11.3 Å². The minimum absolute atomic E-state index is 0.0618. The molecule has 1 saturated heterocycles. The number of carbonyl (C=O) groups excluding carboxylic acids is 1. The minimum atomic E-state index is -0.523. The third kappa shape index (κ3) is 2.90. The van der Waals surface area contributed by atoms with Gasteiger partial charge in [0, 0.05) is 40.7 Å². The van der Waals surface area contributed by atoms with Crippen LogP contribution >= 0.6 is 11.6 Å². The Morgan fingerprint density at radius 2 is 1.66 bits per heavy atom. The maximum atomic E-state index is 13.5. The van der Waals surface area contributed by atoms with Crippen LogP contribution in [0.2, 0.25) is 5.02 Å². The van der Waals surface area contributed by atoms with Gasteiger partial charge in [-0.15, -0.1) is 0 Å². The van der Waals surface area contributed by atoms with Crippen LogP contribution in [0.4, 0.5) is 11.8 Å². The molecule has 3 aromatic rings. The van der Waals surface area contributed by atoms with Crippen molar-refractivity contribution >= 4 is 34.8 Å². The van der Waals surface area contributed by atoms with E-state index in [2.05, 4.69) is 15.2 Å². The van der Waals surface area contributed by atoms with Crippen molar-refractivity contribution in [3.63, 3.8) is 0 Å². The topological polar surface area (TPSA) is 78.1 Å². The Kier molecular flexibility index (Phi) is 4.43. The van der Waals surface area contributed by atoms with E-state index in [0.29, 0.717) is 33.5 Å². The van der Waals surface area contributed by atoms with Gasteiger partial charge < -0.3 is 10.2 Å². The molecule has 0 saturated carbocycles. The molecular formula is C25H21ClN4O2. The van der Waals surface area contributed by atoms with Crippen molar-refractivity contribution in [1.29, 1.82) is 0 Å². The van der Waals surface area contributed by atoms with Gasteiger partial charge in [-0.1, -0.05) is 48.0 Å². The van der Waals surface area contributed by atoms with Crippen LogP contribution in [0.5, 0.6) is 0 Å². The van der Waals surface area contributed by atoms with E-state index in [0.717, 1.165) is 42.8 Å². The number of H-pyrrole nitrogens is 1. The number of halogens is 1. The van der Waals surface area contributed by atoms with Gasteiger partial charge in [-0.3, -0.25) is 14.6 Å². The van der Waals surface area contributed by atoms with E-state index >= 15 is 0 Å². The number of hydrogen-bond acceptors (Lipinski definition) is 5. The molecule has 1 atom stereocenters. The summed E-state index contributed by atoms with van der Waals surface area (Å²) in [7, 11) is 0. The number of piperidine rings is 1. The van der Waals surface area contributed by atoms with Crippen molar-refractivity contribution in [2.45, 2.75) is 25.2 Å². The van der Waals surface area contributed by atoms with Crippen LogP contribution in [0, 0.1) is 0 Å². The normalized spacial score (nSPS) is 19.3. The number of allylic oxidation sites excluding steroid dienone is 1. The lowest BCUT2D eigenvalue weighted by atomic mass is 9.82. The smallest absolute Gasteiger partial charge is 0.258 e. The molecule has 1 fully saturated rings. The Bertz CT molecular complexity index is 1340. The van der Waals surface area contributed by atoms with Gasteiger partial charge in [0.1, 0.15) is 5.82 Å². The molecule has 2 aromatic carbocycles. The fraction of sp³-hybridized carbons (Fsp3) is 0.240. The van der Waals surface area contributed by atoms with Crippen molar-refractivity contribution in [1.82, 2.24) is 9.97 Å². The zero-order valence-corrected chi connectivity index (χ0v) is 18.1. The highest BCUT2D eigenvalue weighted by molar-refractivity contribution is 6.30. The average molecular weight is 445 g/mol. The van der Waals surface area contributed by atoms with Crippen molar-refractivity contribution in [2.24, 2.45) is 0 Å². The Hall–Kier alpha value is -3.38. The average Bonchev–Trinajstić information content (AvgIpc) is 3.11. The number of nitrogens with one attached hydrogen (secondary N) is 2. The molecule has 0 amide bonds. The van der Waals surface area contributed by atoms with Crippen LogP contribution in [0.25, 0.3) is 5.70 Å². The predicted molar refractivity (Wildman–Crippen MR) is 126 cm³/mol. The lowest BCUT2D eigenvalue weighted by Gasteiger charge is -2.31. The highest BCUT2D eigenvalue weighted by Gasteiger charge is 2.42. The molecule has 3 heterocycles. The molecule has 7 heteroatoms. The first kappa shape index (κ1) is 19.3. The molecule has 0 unspecified atom stereocenters. The van der Waals surface area contributed by atoms with Gasteiger partial charge in [0.05, 0.1) is 11.3 Å². The monoisotopic (exact) mass is 444 g/mol. The molecule has 3 aliphatic rings. The molecule has 0 spiro atoms. The number of carbonyl (C=O) groups is 1. The van der Waals surface area contributed by atoms with E-state index in [1.54, 1.807) is 12.1 Å². The van der Waals surface area contributed by atoms with Crippen molar-refractivity contribution in [3.05, 3.63) is 91.7 Å². The molecule has 32 heavy (non-hydrogen) atoms. The fourth-order valence-electron chi connectivity index (χ4n) is 5.05. The fourth-order valence-corrected chi connectivity index (χ4v) is 5.18. The summed E-state index contributed by atoms with van der Waals surface area (Å²) in [5.41, 5.74) is 3.89. The molecule has 0 radical (unpaired) electrons. The zero-order valence-electron chi connectivity index (χ0n) is 17.3. The van der Waals surface area contributed by atoms with Crippen molar-refractivity contribution < 1.29 is 4.79 Å². The first-order chi connectivity index (χ1) is 15.6. The van der Waals surface area contributed by atoms with E-state index in [9.17, 15) is 9.59 Å². The number of anilines is 2. The predicted octanol–water partition coefficient (Wildman–Crippen LogP) is 4.58. The molecule has 160 valence electrons. The number of benzene rings is 2. The minimum Gasteiger partial charge on any atom is -0.342 e. The van der Waals surface area contributed by atoms with Crippen molar-refractivity contribution in [2.75, 3.05) is 23.3 Å². The molecule has 6 nitrogen and oxygen atoms in total. The van der Waals surface area contributed by atoms with Crippen LogP contribution in [-0.4, -0.2) is 28.8 Å². The van der Waals surface area contributed by atoms with Crippen LogP contribution in [0.15, 0.2) is 58.9 Å². The molecule has 2 aliphatic heterocycles. The second-order valence-corrected chi connectivity index (χ2v) is 8.91. The van der Waals surface area contributed by atoms with Gasteiger partial charge in [-0.25, -0.2) is 0 Å². The summed E-state index contributed by atoms with van der Waals surface area (Å²) in [6.07, 6.45) is 3.36. The number of hydrogen-bond donors (Lipinski definition) is 2. The largest absolute Gasteiger partial charge is 0.342 e. The first-order valence-corrected chi connectivity index (χ1v) is 11.3. The van der Waals surface area contributed by atoms with Crippen molar-refractivity contribution in [3.8, 4) is 0 Å². The first-order valence-electron chi connectivity index (χ1n) is 10.9. The second kappa shape index (κ2) is 7.35.